The average Bonchev–Trinajstić information content (AvgIpc) is 2.83. The molecular formula is C34H71N3S3. The molecule has 6 heteroatoms. The van der Waals surface area contributed by atoms with E-state index in [2.05, 4.69) is 154 Å². The fourth-order valence-corrected chi connectivity index (χ4v) is 14.4. The van der Waals surface area contributed by atoms with Gasteiger partial charge >= 0.3 is 0 Å². The van der Waals surface area contributed by atoms with Gasteiger partial charge in [0.25, 0.3) is 0 Å². The van der Waals surface area contributed by atoms with E-state index < -0.39 is 30.5 Å². The second-order valence-electron chi connectivity index (χ2n) is 15.1. The summed E-state index contributed by atoms with van der Waals surface area (Å²) in [6.45, 7) is 35.0. The van der Waals surface area contributed by atoms with Crippen molar-refractivity contribution in [3.05, 3.63) is 24.3 Å². The minimum absolute atomic E-state index is 0.0611. The zero-order valence-electron chi connectivity index (χ0n) is 29.9. The van der Waals surface area contributed by atoms with Gasteiger partial charge in [0, 0.05) is 38.5 Å². The highest BCUT2D eigenvalue weighted by molar-refractivity contribution is 8.35. The predicted molar refractivity (Wildman–Crippen MR) is 200 cm³/mol. The molecule has 1 atom stereocenters. The minimum Gasteiger partial charge on any atom is -0.379 e. The predicted octanol–water partition coefficient (Wildman–Crippen LogP) is 10.6. The number of hydrogen-bond acceptors (Lipinski definition) is 3. The summed E-state index contributed by atoms with van der Waals surface area (Å²) >= 11 is 0. The van der Waals surface area contributed by atoms with Crippen molar-refractivity contribution >= 4 is 41.8 Å². The fraction of sp³-hybridized carbons (Fsp3) is 0.824. The smallest absolute Gasteiger partial charge is 0.0455 e. The lowest BCUT2D eigenvalue weighted by Gasteiger charge is -2.63. The van der Waals surface area contributed by atoms with Crippen molar-refractivity contribution in [3.63, 3.8) is 0 Å². The van der Waals surface area contributed by atoms with Crippen LogP contribution in [0.25, 0.3) is 0 Å². The summed E-state index contributed by atoms with van der Waals surface area (Å²) in [5, 5.41) is 3.99. The maximum absolute atomic E-state index is 3.99. The van der Waals surface area contributed by atoms with Gasteiger partial charge in [-0.3, -0.25) is 4.31 Å². The number of rotatable bonds is 15. The molecule has 0 radical (unpaired) electrons. The largest absolute Gasteiger partial charge is 0.379 e. The summed E-state index contributed by atoms with van der Waals surface area (Å²) in [6.07, 6.45) is 8.86. The van der Waals surface area contributed by atoms with E-state index in [1.807, 2.05) is 0 Å². The molecule has 0 amide bonds. The molecule has 1 rings (SSSR count). The Kier molecular flexibility index (Phi) is 12.9. The van der Waals surface area contributed by atoms with Crippen molar-refractivity contribution in [2.24, 2.45) is 0 Å². The number of nitrogens with zero attached hydrogens (tertiary/aromatic N) is 1. The number of anilines is 2. The molecule has 40 heavy (non-hydrogen) atoms. The second kappa shape index (κ2) is 13.6. The Morgan fingerprint density at radius 1 is 0.675 bits per heavy atom. The fourth-order valence-electron chi connectivity index (χ4n) is 5.76. The first-order chi connectivity index (χ1) is 18.0. The van der Waals surface area contributed by atoms with Crippen molar-refractivity contribution in [1.82, 2.24) is 4.31 Å². The molecule has 0 bridgehead atoms. The third kappa shape index (κ3) is 8.47. The first kappa shape index (κ1) is 37.9. The van der Waals surface area contributed by atoms with Gasteiger partial charge in [0.15, 0.2) is 0 Å². The SMILES string of the molecule is CCS(CC)(CC)CCCN(C(C)(C)C)S(C)(C)C(C)(C)C(C)(C)Nc1ccc(NS(C)(CC)C(C)(C)C)cc1. The minimum atomic E-state index is -1.15. The van der Waals surface area contributed by atoms with Gasteiger partial charge in [-0.05, 0) is 127 Å². The third-order valence-corrected chi connectivity index (χ3v) is 24.7. The van der Waals surface area contributed by atoms with Gasteiger partial charge in [0.05, 0.1) is 0 Å². The van der Waals surface area contributed by atoms with Crippen LogP contribution in [0.5, 0.6) is 0 Å². The van der Waals surface area contributed by atoms with Crippen LogP contribution >= 0.6 is 30.5 Å². The zero-order valence-corrected chi connectivity index (χ0v) is 32.4. The van der Waals surface area contributed by atoms with Crippen LogP contribution in [-0.2, 0) is 0 Å². The van der Waals surface area contributed by atoms with E-state index in [0.29, 0.717) is 0 Å². The lowest BCUT2D eigenvalue weighted by molar-refractivity contribution is 0.257. The molecular weight excluding hydrogens is 547 g/mol. The molecule has 0 aliphatic heterocycles. The summed E-state index contributed by atoms with van der Waals surface area (Å²) in [5.41, 5.74) is 2.46. The van der Waals surface area contributed by atoms with Crippen molar-refractivity contribution in [2.45, 2.75) is 124 Å². The number of hydrogen-bond donors (Lipinski definition) is 2. The molecule has 0 spiro atoms. The Bertz CT molecular complexity index is 898. The highest BCUT2D eigenvalue weighted by Gasteiger charge is 2.50. The second-order valence-corrected chi connectivity index (χ2v) is 27.9. The topological polar surface area (TPSA) is 27.3 Å². The Morgan fingerprint density at radius 2 is 1.12 bits per heavy atom. The van der Waals surface area contributed by atoms with Crippen LogP contribution in [0, 0.1) is 0 Å². The molecule has 0 heterocycles. The average molecular weight is 618 g/mol. The van der Waals surface area contributed by atoms with Gasteiger partial charge in [-0.25, -0.2) is 10.0 Å². The van der Waals surface area contributed by atoms with E-state index in [0.717, 1.165) is 5.75 Å². The van der Waals surface area contributed by atoms with Gasteiger partial charge in [-0.1, -0.05) is 48.5 Å². The molecule has 0 aliphatic carbocycles. The quantitative estimate of drug-likeness (QED) is 0.205. The Balaban J connectivity index is 3.20. The van der Waals surface area contributed by atoms with Crippen molar-refractivity contribution in [3.8, 4) is 0 Å². The van der Waals surface area contributed by atoms with Crippen LogP contribution in [-0.4, -0.2) is 79.0 Å². The normalized spacial score (nSPS) is 17.4. The first-order valence-corrected chi connectivity index (χ1v) is 22.6. The zero-order chi connectivity index (χ0) is 31.4. The van der Waals surface area contributed by atoms with Gasteiger partial charge in [-0.2, -0.15) is 20.4 Å². The van der Waals surface area contributed by atoms with E-state index in [9.17, 15) is 0 Å². The number of benzene rings is 1. The Labute approximate surface area is 257 Å². The summed E-state index contributed by atoms with van der Waals surface area (Å²) in [6, 6.07) is 9.07. The molecule has 3 nitrogen and oxygen atoms in total. The standard InChI is InChI=1S/C34H71N3S3/c1-18-39(17,32(8,9)10)36-30-25-23-29(24-26-30)35-33(11,12)34(13,14)38(15,16)37(31(5,6)7)27-22-28-40(19-2,20-3)21-4/h23-26,35-36H,18-22,27-28H2,1-17H3. The van der Waals surface area contributed by atoms with Crippen molar-refractivity contribution < 1.29 is 0 Å². The van der Waals surface area contributed by atoms with E-state index in [4.69, 9.17) is 0 Å². The monoisotopic (exact) mass is 617 g/mol. The van der Waals surface area contributed by atoms with Crippen LogP contribution in [0.2, 0.25) is 0 Å². The number of nitrogens with one attached hydrogen (secondary N) is 2. The first-order valence-electron chi connectivity index (χ1n) is 15.7. The molecule has 0 fully saturated rings. The van der Waals surface area contributed by atoms with E-state index in [1.54, 1.807) is 0 Å². The summed E-state index contributed by atoms with van der Waals surface area (Å²) in [4.78, 5) is 0. The maximum atomic E-state index is 3.99. The van der Waals surface area contributed by atoms with Crippen LogP contribution in [0.1, 0.15) is 103 Å². The Hall–Kier alpha value is -0.170. The molecule has 1 unspecified atom stereocenters. The highest BCUT2D eigenvalue weighted by atomic mass is 32.3. The summed E-state index contributed by atoms with van der Waals surface area (Å²) in [5.74, 6) is 6.69. The van der Waals surface area contributed by atoms with Gasteiger partial charge in [0.2, 0.25) is 0 Å². The van der Waals surface area contributed by atoms with Gasteiger partial charge < -0.3 is 10.0 Å². The van der Waals surface area contributed by atoms with Crippen LogP contribution in [0.4, 0.5) is 11.4 Å². The van der Waals surface area contributed by atoms with Crippen LogP contribution in [0.15, 0.2) is 24.3 Å². The maximum Gasteiger partial charge on any atom is 0.0455 e. The van der Waals surface area contributed by atoms with Crippen LogP contribution in [0.3, 0.4) is 0 Å². The van der Waals surface area contributed by atoms with Gasteiger partial charge in [-0.15, -0.1) is 0 Å². The molecule has 0 aliphatic rings. The molecule has 2 N–H and O–H groups in total. The molecule has 240 valence electrons. The Morgan fingerprint density at radius 3 is 1.50 bits per heavy atom. The molecule has 0 aromatic heterocycles. The lowest BCUT2D eigenvalue weighted by Crippen LogP contribution is -2.59. The lowest BCUT2D eigenvalue weighted by atomic mass is 9.89. The molecule has 1 aromatic rings. The third-order valence-electron chi connectivity index (χ3n) is 10.4. The molecule has 0 saturated carbocycles. The van der Waals surface area contributed by atoms with E-state index in [1.165, 1.54) is 47.4 Å². The van der Waals surface area contributed by atoms with Crippen LogP contribution < -0.4 is 10.0 Å². The molecule has 1 aromatic carbocycles. The summed E-state index contributed by atoms with van der Waals surface area (Å²) < 4.78 is 7.13. The van der Waals surface area contributed by atoms with E-state index in [-0.39, 0.29) is 20.6 Å². The highest BCUT2D eigenvalue weighted by Crippen LogP contribution is 2.63. The van der Waals surface area contributed by atoms with Crippen molar-refractivity contribution in [1.29, 1.82) is 0 Å². The van der Waals surface area contributed by atoms with Crippen molar-refractivity contribution in [2.75, 3.05) is 64.1 Å². The van der Waals surface area contributed by atoms with E-state index >= 15 is 0 Å². The van der Waals surface area contributed by atoms with Gasteiger partial charge in [0.1, 0.15) is 0 Å². The summed E-state index contributed by atoms with van der Waals surface area (Å²) in [7, 11) is -2.57. The molecule has 0 saturated heterocycles.